The molecule has 0 aromatic rings. The Morgan fingerprint density at radius 1 is 1.22 bits per heavy atom. The molecule has 18 heavy (non-hydrogen) atoms. The van der Waals surface area contributed by atoms with E-state index in [9.17, 15) is 18.0 Å². The maximum Gasteiger partial charge on any atom is 0.317 e. The van der Waals surface area contributed by atoms with Gasteiger partial charge in [-0.3, -0.25) is 4.79 Å². The highest BCUT2D eigenvalue weighted by Crippen LogP contribution is 2.12. The van der Waals surface area contributed by atoms with E-state index in [0.717, 1.165) is 6.41 Å². The van der Waals surface area contributed by atoms with E-state index in [0.29, 0.717) is 32.6 Å². The fraction of sp³-hybridized carbons (Fsp3) is 0.800. The molecule has 0 bridgehead atoms. The molecule has 7 nitrogen and oxygen atoms in total. The van der Waals surface area contributed by atoms with E-state index in [2.05, 4.69) is 5.32 Å². The molecule has 8 heteroatoms. The monoisotopic (exact) mass is 275 g/mol. The van der Waals surface area contributed by atoms with Crippen LogP contribution in [-0.4, -0.2) is 74.4 Å². The van der Waals surface area contributed by atoms with E-state index >= 15 is 0 Å². The summed E-state index contributed by atoms with van der Waals surface area (Å²) in [5.74, 6) is 0.184. The van der Waals surface area contributed by atoms with Gasteiger partial charge in [-0.05, 0) is 6.42 Å². The average Bonchev–Trinajstić information content (AvgIpc) is 2.68. The van der Waals surface area contributed by atoms with Crippen LogP contribution in [0.1, 0.15) is 6.42 Å². The lowest BCUT2D eigenvalue weighted by Gasteiger charge is -2.33. The van der Waals surface area contributed by atoms with Gasteiger partial charge in [0.2, 0.25) is 6.41 Å². The quantitative estimate of drug-likeness (QED) is 0.632. The Kier molecular flexibility index (Phi) is 3.74. The van der Waals surface area contributed by atoms with Crippen molar-refractivity contribution in [1.82, 2.24) is 15.1 Å². The van der Waals surface area contributed by atoms with Crippen molar-refractivity contribution in [3.8, 4) is 0 Å². The fourth-order valence-electron chi connectivity index (χ4n) is 2.21. The third-order valence-electron chi connectivity index (χ3n) is 3.31. The van der Waals surface area contributed by atoms with E-state index in [1.807, 2.05) is 0 Å². The number of carbonyl (C=O) groups is 2. The minimum absolute atomic E-state index is 0.0348. The topological polar surface area (TPSA) is 86.8 Å². The molecule has 3 amide bonds. The molecule has 2 aliphatic heterocycles. The lowest BCUT2D eigenvalue weighted by atomic mass is 10.2. The van der Waals surface area contributed by atoms with Crippen molar-refractivity contribution in [1.29, 1.82) is 0 Å². The van der Waals surface area contributed by atoms with Crippen molar-refractivity contribution in [3.63, 3.8) is 0 Å². The van der Waals surface area contributed by atoms with Gasteiger partial charge in [0.25, 0.3) is 0 Å². The third kappa shape index (κ3) is 3.12. The number of piperazine rings is 1. The number of nitrogens with one attached hydrogen (secondary N) is 1. The van der Waals surface area contributed by atoms with Crippen LogP contribution in [0.5, 0.6) is 0 Å². The molecule has 0 aromatic heterocycles. The summed E-state index contributed by atoms with van der Waals surface area (Å²) in [6.07, 6.45) is 1.27. The lowest BCUT2D eigenvalue weighted by Crippen LogP contribution is -2.53. The molecular weight excluding hydrogens is 258 g/mol. The molecule has 0 spiro atoms. The number of amides is 3. The second-order valence-corrected chi connectivity index (χ2v) is 6.91. The van der Waals surface area contributed by atoms with Crippen LogP contribution in [-0.2, 0) is 14.6 Å². The Balaban J connectivity index is 1.81. The van der Waals surface area contributed by atoms with Crippen LogP contribution in [0.4, 0.5) is 4.79 Å². The molecule has 0 aromatic carbocycles. The van der Waals surface area contributed by atoms with Gasteiger partial charge in [0.1, 0.15) is 0 Å². The van der Waals surface area contributed by atoms with Crippen LogP contribution >= 0.6 is 0 Å². The van der Waals surface area contributed by atoms with Crippen LogP contribution in [0.2, 0.25) is 0 Å². The average molecular weight is 275 g/mol. The van der Waals surface area contributed by atoms with Crippen LogP contribution in [0.3, 0.4) is 0 Å². The second-order valence-electron chi connectivity index (χ2n) is 4.68. The number of hydrogen-bond acceptors (Lipinski definition) is 4. The largest absolute Gasteiger partial charge is 0.342 e. The predicted octanol–water partition coefficient (Wildman–Crippen LogP) is -1.34. The molecule has 0 aliphatic carbocycles. The summed E-state index contributed by atoms with van der Waals surface area (Å²) in [6, 6.07) is -0.505. The highest BCUT2D eigenvalue weighted by atomic mass is 32.2. The highest BCUT2D eigenvalue weighted by Gasteiger charge is 2.30. The van der Waals surface area contributed by atoms with Gasteiger partial charge in [0.15, 0.2) is 9.84 Å². The second kappa shape index (κ2) is 5.13. The summed E-state index contributed by atoms with van der Waals surface area (Å²) >= 11 is 0. The predicted molar refractivity (Wildman–Crippen MR) is 64.8 cm³/mol. The molecule has 1 atom stereocenters. The first-order valence-corrected chi connectivity index (χ1v) is 7.77. The molecule has 2 fully saturated rings. The number of hydrogen-bond donors (Lipinski definition) is 1. The zero-order chi connectivity index (χ0) is 13.2. The van der Waals surface area contributed by atoms with Gasteiger partial charge < -0.3 is 15.1 Å². The first-order valence-electron chi connectivity index (χ1n) is 5.95. The van der Waals surface area contributed by atoms with E-state index in [1.165, 1.54) is 0 Å². The van der Waals surface area contributed by atoms with Crippen LogP contribution < -0.4 is 5.32 Å². The molecular formula is C10H17N3O4S. The van der Waals surface area contributed by atoms with Crippen LogP contribution in [0, 0.1) is 0 Å². The normalized spacial score (nSPS) is 27.0. The smallest absolute Gasteiger partial charge is 0.317 e. The Bertz CT molecular complexity index is 428. The maximum atomic E-state index is 11.9. The molecule has 1 N–H and O–H groups in total. The first kappa shape index (κ1) is 13.1. The lowest BCUT2D eigenvalue weighted by molar-refractivity contribution is -0.119. The Labute approximate surface area is 106 Å². The summed E-state index contributed by atoms with van der Waals surface area (Å²) in [4.78, 5) is 25.6. The summed E-state index contributed by atoms with van der Waals surface area (Å²) < 4.78 is 22.5. The highest BCUT2D eigenvalue weighted by molar-refractivity contribution is 7.91. The van der Waals surface area contributed by atoms with Crippen molar-refractivity contribution in [2.75, 3.05) is 37.7 Å². The summed E-state index contributed by atoms with van der Waals surface area (Å²) in [7, 11) is -2.97. The Morgan fingerprint density at radius 3 is 2.39 bits per heavy atom. The number of sulfone groups is 1. The van der Waals surface area contributed by atoms with Gasteiger partial charge in [-0.2, -0.15) is 0 Å². The number of rotatable bonds is 2. The van der Waals surface area contributed by atoms with Crippen LogP contribution in [0.15, 0.2) is 0 Å². The van der Waals surface area contributed by atoms with Gasteiger partial charge in [0.05, 0.1) is 11.5 Å². The fourth-order valence-corrected chi connectivity index (χ4v) is 3.88. The number of nitrogens with zero attached hydrogens (tertiary/aromatic N) is 2. The van der Waals surface area contributed by atoms with Crippen molar-refractivity contribution >= 4 is 22.3 Å². The van der Waals surface area contributed by atoms with Gasteiger partial charge >= 0.3 is 6.03 Å². The van der Waals surface area contributed by atoms with Gasteiger partial charge in [0, 0.05) is 32.2 Å². The Hall–Kier alpha value is -1.31. The minimum atomic E-state index is -2.97. The summed E-state index contributed by atoms with van der Waals surface area (Å²) in [5.41, 5.74) is 0. The molecule has 2 heterocycles. The van der Waals surface area contributed by atoms with E-state index in [4.69, 9.17) is 0 Å². The van der Waals surface area contributed by atoms with Crippen molar-refractivity contribution in [3.05, 3.63) is 0 Å². The van der Waals surface area contributed by atoms with Crippen LogP contribution in [0.25, 0.3) is 0 Å². The van der Waals surface area contributed by atoms with Gasteiger partial charge in [-0.25, -0.2) is 13.2 Å². The molecule has 2 rings (SSSR count). The SMILES string of the molecule is O=CN1CCN(C(=O)NC2CCS(=O)(=O)C2)CC1. The zero-order valence-corrected chi connectivity index (χ0v) is 10.9. The minimum Gasteiger partial charge on any atom is -0.342 e. The number of urea groups is 1. The van der Waals surface area contributed by atoms with Crippen molar-refractivity contribution in [2.24, 2.45) is 0 Å². The molecule has 0 radical (unpaired) electrons. The van der Waals surface area contributed by atoms with Crippen molar-refractivity contribution in [2.45, 2.75) is 12.5 Å². The molecule has 1 unspecified atom stereocenters. The van der Waals surface area contributed by atoms with Gasteiger partial charge in [-0.1, -0.05) is 0 Å². The van der Waals surface area contributed by atoms with Gasteiger partial charge in [-0.15, -0.1) is 0 Å². The molecule has 0 saturated carbocycles. The van der Waals surface area contributed by atoms with E-state index in [1.54, 1.807) is 9.80 Å². The first-order chi connectivity index (χ1) is 8.50. The molecule has 2 aliphatic rings. The zero-order valence-electron chi connectivity index (χ0n) is 10.0. The third-order valence-corrected chi connectivity index (χ3v) is 5.08. The number of carbonyl (C=O) groups excluding carboxylic acids is 2. The Morgan fingerprint density at radius 2 is 1.89 bits per heavy atom. The standard InChI is InChI=1S/C10H17N3O4S/c14-8-12-2-4-13(5-3-12)10(15)11-9-1-6-18(16,17)7-9/h8-9H,1-7H2,(H,11,15). The van der Waals surface area contributed by atoms with E-state index < -0.39 is 9.84 Å². The molecule has 2 saturated heterocycles. The van der Waals surface area contributed by atoms with Crippen molar-refractivity contribution < 1.29 is 18.0 Å². The van der Waals surface area contributed by atoms with E-state index in [-0.39, 0.29) is 23.6 Å². The maximum absolute atomic E-state index is 11.9. The summed E-state index contributed by atoms with van der Waals surface area (Å²) in [5, 5.41) is 2.74. The molecule has 102 valence electrons. The summed E-state index contributed by atoms with van der Waals surface area (Å²) in [6.45, 7) is 2.04.